The number of halogens is 2. The van der Waals surface area contributed by atoms with Crippen molar-refractivity contribution in [3.63, 3.8) is 0 Å². The lowest BCUT2D eigenvalue weighted by Crippen LogP contribution is -2.25. The molecule has 1 saturated heterocycles. The molecule has 2 nitrogen and oxygen atoms in total. The Labute approximate surface area is 86.5 Å². The summed E-state index contributed by atoms with van der Waals surface area (Å²) in [6, 6.07) is 0. The Morgan fingerprint density at radius 1 is 1.31 bits per heavy atom. The highest BCUT2D eigenvalue weighted by Crippen LogP contribution is 2.65. The molecular formula is C9H10Cl2O2. The van der Waals surface area contributed by atoms with Crippen LogP contribution in [0.5, 0.6) is 0 Å². The quantitative estimate of drug-likeness (QED) is 0.461. The molecule has 13 heavy (non-hydrogen) atoms. The summed E-state index contributed by atoms with van der Waals surface area (Å²) in [5, 5.41) is 0. The zero-order valence-electron chi connectivity index (χ0n) is 7.00. The summed E-state index contributed by atoms with van der Waals surface area (Å²) < 4.78 is 4.38. The SMILES string of the molecule is O=C1OC[C@H]2[C@@H]1[C@@H]1CC[C@H]2C1(Cl)Cl. The van der Waals surface area contributed by atoms with Gasteiger partial charge in [-0.05, 0) is 18.8 Å². The van der Waals surface area contributed by atoms with Gasteiger partial charge in [-0.2, -0.15) is 0 Å². The van der Waals surface area contributed by atoms with Gasteiger partial charge in [-0.3, -0.25) is 4.79 Å². The molecule has 1 heterocycles. The van der Waals surface area contributed by atoms with Gasteiger partial charge in [0.1, 0.15) is 4.33 Å². The van der Waals surface area contributed by atoms with Gasteiger partial charge in [-0.25, -0.2) is 0 Å². The van der Waals surface area contributed by atoms with Crippen molar-refractivity contribution >= 4 is 29.2 Å². The molecule has 0 radical (unpaired) electrons. The zero-order valence-corrected chi connectivity index (χ0v) is 8.52. The predicted molar refractivity (Wildman–Crippen MR) is 48.6 cm³/mol. The smallest absolute Gasteiger partial charge is 0.309 e. The van der Waals surface area contributed by atoms with Crippen molar-refractivity contribution in [1.29, 1.82) is 0 Å². The third-order valence-corrected chi connectivity index (χ3v) is 5.00. The molecule has 72 valence electrons. The second-order valence-corrected chi connectivity index (χ2v) is 5.73. The molecule has 4 heteroatoms. The van der Waals surface area contributed by atoms with E-state index in [1.807, 2.05) is 0 Å². The largest absolute Gasteiger partial charge is 0.465 e. The lowest BCUT2D eigenvalue weighted by Gasteiger charge is -2.20. The highest BCUT2D eigenvalue weighted by atomic mass is 35.5. The van der Waals surface area contributed by atoms with Crippen LogP contribution in [0.4, 0.5) is 0 Å². The minimum Gasteiger partial charge on any atom is -0.465 e. The van der Waals surface area contributed by atoms with Gasteiger partial charge >= 0.3 is 5.97 Å². The predicted octanol–water partition coefficient (Wildman–Crippen LogP) is 1.99. The van der Waals surface area contributed by atoms with Crippen molar-refractivity contribution in [2.45, 2.75) is 17.2 Å². The van der Waals surface area contributed by atoms with E-state index >= 15 is 0 Å². The van der Waals surface area contributed by atoms with Crippen LogP contribution in [-0.2, 0) is 9.53 Å². The van der Waals surface area contributed by atoms with E-state index in [4.69, 9.17) is 27.9 Å². The van der Waals surface area contributed by atoms with Crippen LogP contribution in [0.1, 0.15) is 12.8 Å². The average molecular weight is 221 g/mol. The molecule has 2 saturated carbocycles. The monoisotopic (exact) mass is 220 g/mol. The zero-order chi connectivity index (χ0) is 9.22. The molecule has 0 aromatic rings. The first kappa shape index (κ1) is 8.37. The second kappa shape index (κ2) is 2.34. The molecule has 3 fully saturated rings. The van der Waals surface area contributed by atoms with Gasteiger partial charge in [0.2, 0.25) is 0 Å². The van der Waals surface area contributed by atoms with E-state index in [9.17, 15) is 4.79 Å². The van der Waals surface area contributed by atoms with Gasteiger partial charge in [-0.1, -0.05) is 0 Å². The van der Waals surface area contributed by atoms with Crippen LogP contribution < -0.4 is 0 Å². The van der Waals surface area contributed by atoms with Crippen molar-refractivity contribution in [3.8, 4) is 0 Å². The van der Waals surface area contributed by atoms with Crippen molar-refractivity contribution in [1.82, 2.24) is 0 Å². The molecule has 0 spiro atoms. The number of carbonyl (C=O) groups excluding carboxylic acids is 1. The molecule has 0 unspecified atom stereocenters. The Kier molecular flexibility index (Phi) is 1.51. The summed E-state index contributed by atoms with van der Waals surface area (Å²) in [6.07, 6.45) is 2.03. The van der Waals surface area contributed by atoms with E-state index in [-0.39, 0.29) is 23.7 Å². The Morgan fingerprint density at radius 2 is 2.00 bits per heavy atom. The van der Waals surface area contributed by atoms with E-state index in [2.05, 4.69) is 0 Å². The van der Waals surface area contributed by atoms with E-state index in [0.717, 1.165) is 12.8 Å². The molecule has 3 rings (SSSR count). The van der Waals surface area contributed by atoms with Gasteiger partial charge < -0.3 is 4.74 Å². The Balaban J connectivity index is 2.03. The number of alkyl halides is 2. The molecule has 0 amide bonds. The third-order valence-electron chi connectivity index (χ3n) is 3.88. The normalized spacial score (nSPS) is 50.8. The van der Waals surface area contributed by atoms with Crippen molar-refractivity contribution in [2.24, 2.45) is 23.7 Å². The molecule has 4 atom stereocenters. The number of hydrogen-bond acceptors (Lipinski definition) is 2. The van der Waals surface area contributed by atoms with Crippen molar-refractivity contribution < 1.29 is 9.53 Å². The van der Waals surface area contributed by atoms with E-state index in [1.54, 1.807) is 0 Å². The fraction of sp³-hybridized carbons (Fsp3) is 0.889. The number of esters is 1. The van der Waals surface area contributed by atoms with Gasteiger partial charge in [0, 0.05) is 11.8 Å². The molecule has 2 aliphatic carbocycles. The minimum absolute atomic E-state index is 0.00579. The minimum atomic E-state index is -0.658. The molecule has 2 bridgehead atoms. The fourth-order valence-electron chi connectivity index (χ4n) is 3.32. The molecular weight excluding hydrogens is 211 g/mol. The fourth-order valence-corrected chi connectivity index (χ4v) is 4.35. The van der Waals surface area contributed by atoms with Crippen LogP contribution in [0.2, 0.25) is 0 Å². The lowest BCUT2D eigenvalue weighted by atomic mass is 9.81. The number of cyclic esters (lactones) is 1. The number of fused-ring (bicyclic) bond motifs is 5. The van der Waals surface area contributed by atoms with Crippen LogP contribution in [0, 0.1) is 23.7 Å². The molecule has 0 aromatic carbocycles. The summed E-state index contributed by atoms with van der Waals surface area (Å²) in [7, 11) is 0. The van der Waals surface area contributed by atoms with E-state index in [1.165, 1.54) is 0 Å². The number of ether oxygens (including phenoxy) is 1. The topological polar surface area (TPSA) is 26.3 Å². The molecule has 1 aliphatic heterocycles. The second-order valence-electron chi connectivity index (χ2n) is 4.28. The van der Waals surface area contributed by atoms with Gasteiger partial charge in [-0.15, -0.1) is 23.2 Å². The molecule has 0 N–H and O–H groups in total. The van der Waals surface area contributed by atoms with Gasteiger partial charge in [0.05, 0.1) is 12.5 Å². The number of carbonyl (C=O) groups is 1. The average Bonchev–Trinajstić information content (AvgIpc) is 2.63. The van der Waals surface area contributed by atoms with Crippen LogP contribution in [-0.4, -0.2) is 16.9 Å². The van der Waals surface area contributed by atoms with Crippen molar-refractivity contribution in [2.75, 3.05) is 6.61 Å². The van der Waals surface area contributed by atoms with E-state index in [0.29, 0.717) is 12.5 Å². The van der Waals surface area contributed by atoms with Crippen LogP contribution in [0.25, 0.3) is 0 Å². The maximum Gasteiger partial charge on any atom is 0.309 e. The highest BCUT2D eigenvalue weighted by Gasteiger charge is 2.67. The first-order valence-corrected chi connectivity index (χ1v) is 5.42. The van der Waals surface area contributed by atoms with Crippen LogP contribution >= 0.6 is 23.2 Å². The number of rotatable bonds is 0. The summed E-state index contributed by atoms with van der Waals surface area (Å²) in [5.41, 5.74) is 0. The highest BCUT2D eigenvalue weighted by molar-refractivity contribution is 6.49. The van der Waals surface area contributed by atoms with Gasteiger partial charge in [0.25, 0.3) is 0 Å². The standard InChI is InChI=1S/C9H10Cl2O2/c10-9(11)5-1-2-6(9)7-4(5)3-13-8(7)12/h4-7H,1-3H2/t4-,5-,6+,7-/m1/s1. The maximum atomic E-state index is 11.4. The van der Waals surface area contributed by atoms with Crippen LogP contribution in [0.3, 0.4) is 0 Å². The lowest BCUT2D eigenvalue weighted by molar-refractivity contribution is -0.142. The number of hydrogen-bond donors (Lipinski definition) is 0. The Morgan fingerprint density at radius 3 is 2.69 bits per heavy atom. The molecule has 3 aliphatic rings. The summed E-state index contributed by atoms with van der Waals surface area (Å²) in [6.45, 7) is 0.534. The Bertz CT molecular complexity index is 277. The van der Waals surface area contributed by atoms with Crippen molar-refractivity contribution in [3.05, 3.63) is 0 Å². The third kappa shape index (κ3) is 0.841. The Hall–Kier alpha value is 0.0500. The van der Waals surface area contributed by atoms with Crippen LogP contribution in [0.15, 0.2) is 0 Å². The van der Waals surface area contributed by atoms with Gasteiger partial charge in [0.15, 0.2) is 0 Å². The first-order chi connectivity index (χ1) is 6.12. The van der Waals surface area contributed by atoms with E-state index < -0.39 is 4.33 Å². The first-order valence-electron chi connectivity index (χ1n) is 4.67. The summed E-state index contributed by atoms with van der Waals surface area (Å²) in [5.74, 6) is 0.621. The summed E-state index contributed by atoms with van der Waals surface area (Å²) >= 11 is 12.5. The maximum absolute atomic E-state index is 11.4. The summed E-state index contributed by atoms with van der Waals surface area (Å²) in [4.78, 5) is 11.4. The molecule has 0 aromatic heterocycles.